The fourth-order valence-corrected chi connectivity index (χ4v) is 1.95. The van der Waals surface area contributed by atoms with Crippen molar-refractivity contribution in [1.82, 2.24) is 0 Å². The number of hydrogen-bond donors (Lipinski definition) is 2. The van der Waals surface area contributed by atoms with E-state index in [1.54, 1.807) is 12.1 Å². The molecule has 1 aromatic rings. The Balaban J connectivity index is 2.50. The number of benzene rings is 1. The van der Waals surface area contributed by atoms with Gasteiger partial charge in [0.05, 0.1) is 12.3 Å². The number of rotatable bonds is 11. The number of carboxylic acid groups (broad SMARTS) is 2. The monoisotopic (exact) mass is 355 g/mol. The summed E-state index contributed by atoms with van der Waals surface area (Å²) in [7, 11) is 0. The third-order valence-corrected chi connectivity index (χ3v) is 3.21. The standard InChI is InChI=1S/C15H17NO9/c17-13(18)6-3-11(15(20)21)9-14(19)25-12-4-1-10(2-5-12)7-8-24-16(22)23/h1-2,4-5,11H,3,6-9H2,(H,17,18)(H,20,21). The number of aliphatic carboxylic acids is 2. The third-order valence-electron chi connectivity index (χ3n) is 3.21. The first-order chi connectivity index (χ1) is 11.8. The molecule has 0 amide bonds. The lowest BCUT2D eigenvalue weighted by Crippen LogP contribution is -2.21. The number of carbonyl (C=O) groups is 3. The molecule has 0 saturated heterocycles. The Morgan fingerprint density at radius 2 is 1.80 bits per heavy atom. The van der Waals surface area contributed by atoms with Crippen molar-refractivity contribution in [2.24, 2.45) is 5.92 Å². The van der Waals surface area contributed by atoms with Crippen molar-refractivity contribution in [3.8, 4) is 5.75 Å². The van der Waals surface area contributed by atoms with Crippen molar-refractivity contribution >= 4 is 17.9 Å². The summed E-state index contributed by atoms with van der Waals surface area (Å²) < 4.78 is 5.01. The lowest BCUT2D eigenvalue weighted by molar-refractivity contribution is -0.757. The van der Waals surface area contributed by atoms with Gasteiger partial charge in [0.2, 0.25) is 0 Å². The summed E-state index contributed by atoms with van der Waals surface area (Å²) in [5, 5.41) is 26.7. The Morgan fingerprint density at radius 1 is 1.16 bits per heavy atom. The molecular formula is C15H17NO9. The summed E-state index contributed by atoms with van der Waals surface area (Å²) in [5.41, 5.74) is 0.728. The van der Waals surface area contributed by atoms with Crippen molar-refractivity contribution in [1.29, 1.82) is 0 Å². The molecular weight excluding hydrogens is 338 g/mol. The average Bonchev–Trinajstić information content (AvgIpc) is 2.52. The van der Waals surface area contributed by atoms with Gasteiger partial charge in [-0.15, -0.1) is 10.1 Å². The van der Waals surface area contributed by atoms with Crippen LogP contribution in [0.3, 0.4) is 0 Å². The molecule has 0 spiro atoms. The van der Waals surface area contributed by atoms with E-state index in [1.165, 1.54) is 12.1 Å². The first-order valence-electron chi connectivity index (χ1n) is 7.29. The van der Waals surface area contributed by atoms with E-state index in [9.17, 15) is 24.5 Å². The summed E-state index contributed by atoms with van der Waals surface area (Å²) in [5.74, 6) is -4.15. The van der Waals surface area contributed by atoms with E-state index in [2.05, 4.69) is 4.84 Å². The van der Waals surface area contributed by atoms with Crippen molar-refractivity contribution in [2.75, 3.05) is 6.61 Å². The van der Waals surface area contributed by atoms with Crippen LogP contribution in [0.2, 0.25) is 0 Å². The van der Waals surface area contributed by atoms with Crippen LogP contribution in [0.25, 0.3) is 0 Å². The Morgan fingerprint density at radius 3 is 2.32 bits per heavy atom. The minimum Gasteiger partial charge on any atom is -0.481 e. The predicted molar refractivity (Wildman–Crippen MR) is 81.3 cm³/mol. The van der Waals surface area contributed by atoms with E-state index in [4.69, 9.17) is 14.9 Å². The predicted octanol–water partition coefficient (Wildman–Crippen LogP) is 1.30. The molecule has 0 fully saturated rings. The molecule has 0 aromatic heterocycles. The zero-order valence-corrected chi connectivity index (χ0v) is 13.1. The molecule has 0 heterocycles. The highest BCUT2D eigenvalue weighted by molar-refractivity contribution is 5.80. The molecule has 10 heteroatoms. The molecule has 25 heavy (non-hydrogen) atoms. The molecule has 2 N–H and O–H groups in total. The van der Waals surface area contributed by atoms with Crippen LogP contribution >= 0.6 is 0 Å². The van der Waals surface area contributed by atoms with Crippen LogP contribution in [0.5, 0.6) is 5.75 Å². The number of nitrogens with zero attached hydrogens (tertiary/aromatic N) is 1. The summed E-state index contributed by atoms with van der Waals surface area (Å²) in [4.78, 5) is 47.5. The van der Waals surface area contributed by atoms with E-state index in [-0.39, 0.29) is 25.2 Å². The molecule has 1 atom stereocenters. The first kappa shape index (κ1) is 19.9. The highest BCUT2D eigenvalue weighted by atomic mass is 16.9. The highest BCUT2D eigenvalue weighted by Gasteiger charge is 2.23. The lowest BCUT2D eigenvalue weighted by atomic mass is 10.00. The maximum atomic E-state index is 11.8. The van der Waals surface area contributed by atoms with E-state index in [1.807, 2.05) is 0 Å². The fourth-order valence-electron chi connectivity index (χ4n) is 1.95. The molecule has 0 radical (unpaired) electrons. The van der Waals surface area contributed by atoms with Crippen molar-refractivity contribution < 1.29 is 39.3 Å². The molecule has 0 bridgehead atoms. The molecule has 1 rings (SSSR count). The number of carbonyl (C=O) groups excluding carboxylic acids is 1. The summed E-state index contributed by atoms with van der Waals surface area (Å²) in [6.07, 6.45) is -0.674. The molecule has 0 aliphatic heterocycles. The number of esters is 1. The molecule has 1 aromatic carbocycles. The van der Waals surface area contributed by atoms with Crippen LogP contribution in [0.15, 0.2) is 24.3 Å². The average molecular weight is 355 g/mol. The molecule has 10 nitrogen and oxygen atoms in total. The molecule has 0 aliphatic rings. The third kappa shape index (κ3) is 8.30. The topological polar surface area (TPSA) is 153 Å². The van der Waals surface area contributed by atoms with Crippen molar-refractivity contribution in [3.63, 3.8) is 0 Å². The van der Waals surface area contributed by atoms with Crippen LogP contribution in [-0.2, 0) is 25.6 Å². The number of carboxylic acids is 2. The Kier molecular flexibility index (Phi) is 7.83. The minimum atomic E-state index is -1.26. The van der Waals surface area contributed by atoms with Gasteiger partial charge in [0, 0.05) is 6.42 Å². The lowest BCUT2D eigenvalue weighted by Gasteiger charge is -2.11. The Hall–Kier alpha value is -3.17. The Labute approximate surface area is 142 Å². The number of hydrogen-bond acceptors (Lipinski definition) is 7. The SMILES string of the molecule is O=C(O)CCC(CC(=O)Oc1ccc(CCO[N+](=O)[O-])cc1)C(=O)O. The van der Waals surface area contributed by atoms with Crippen LogP contribution in [0.1, 0.15) is 24.8 Å². The van der Waals surface area contributed by atoms with Gasteiger partial charge in [-0.2, -0.15) is 0 Å². The van der Waals surface area contributed by atoms with Gasteiger partial charge in [0.25, 0.3) is 5.09 Å². The number of ether oxygens (including phenoxy) is 1. The largest absolute Gasteiger partial charge is 0.481 e. The van der Waals surface area contributed by atoms with Crippen LogP contribution in [0, 0.1) is 16.0 Å². The van der Waals surface area contributed by atoms with E-state index in [0.717, 1.165) is 5.56 Å². The molecule has 0 saturated carbocycles. The van der Waals surface area contributed by atoms with Gasteiger partial charge in [-0.25, -0.2) is 0 Å². The zero-order chi connectivity index (χ0) is 18.8. The molecule has 136 valence electrons. The summed E-state index contributed by atoms with van der Waals surface area (Å²) in [6, 6.07) is 6.11. The highest BCUT2D eigenvalue weighted by Crippen LogP contribution is 2.17. The minimum absolute atomic E-state index is 0.101. The van der Waals surface area contributed by atoms with Gasteiger partial charge in [0.15, 0.2) is 0 Å². The second kappa shape index (κ2) is 9.85. The molecule has 0 aliphatic carbocycles. The van der Waals surface area contributed by atoms with Crippen molar-refractivity contribution in [2.45, 2.75) is 25.7 Å². The van der Waals surface area contributed by atoms with Crippen LogP contribution in [0.4, 0.5) is 0 Å². The van der Waals surface area contributed by atoms with Crippen LogP contribution < -0.4 is 4.74 Å². The van der Waals surface area contributed by atoms with Gasteiger partial charge in [-0.3, -0.25) is 14.4 Å². The van der Waals surface area contributed by atoms with Gasteiger partial charge in [-0.05, 0) is 30.5 Å². The Bertz CT molecular complexity index is 626. The van der Waals surface area contributed by atoms with Crippen LogP contribution in [-0.4, -0.2) is 39.8 Å². The normalized spacial score (nSPS) is 11.4. The van der Waals surface area contributed by atoms with Gasteiger partial charge >= 0.3 is 17.9 Å². The van der Waals surface area contributed by atoms with E-state index >= 15 is 0 Å². The first-order valence-corrected chi connectivity index (χ1v) is 7.29. The van der Waals surface area contributed by atoms with Crippen molar-refractivity contribution in [3.05, 3.63) is 39.9 Å². The summed E-state index contributed by atoms with van der Waals surface area (Å²) >= 11 is 0. The second-order valence-electron chi connectivity index (χ2n) is 5.10. The molecule has 1 unspecified atom stereocenters. The maximum Gasteiger partial charge on any atom is 0.312 e. The zero-order valence-electron chi connectivity index (χ0n) is 13.1. The van der Waals surface area contributed by atoms with E-state index in [0.29, 0.717) is 6.42 Å². The van der Waals surface area contributed by atoms with E-state index < -0.39 is 35.3 Å². The second-order valence-corrected chi connectivity index (χ2v) is 5.10. The van der Waals surface area contributed by atoms with Gasteiger partial charge < -0.3 is 19.8 Å². The quantitative estimate of drug-likeness (QED) is 0.259. The maximum absolute atomic E-state index is 11.8. The fraction of sp³-hybridized carbons (Fsp3) is 0.400. The smallest absolute Gasteiger partial charge is 0.312 e. The van der Waals surface area contributed by atoms with Gasteiger partial charge in [0.1, 0.15) is 12.4 Å². The summed E-state index contributed by atoms with van der Waals surface area (Å²) in [6.45, 7) is -0.101. The van der Waals surface area contributed by atoms with Gasteiger partial charge in [-0.1, -0.05) is 12.1 Å².